The Hall–Kier alpha value is -0.780. The third-order valence-corrected chi connectivity index (χ3v) is 0.806. The molecule has 0 rings (SSSR count). The number of hydrogen-bond acceptors (Lipinski definition) is 3. The molecule has 0 aliphatic heterocycles. The second-order valence-electron chi connectivity index (χ2n) is 1.16. The van der Waals surface area contributed by atoms with Crippen molar-refractivity contribution in [3.63, 3.8) is 0 Å². The van der Waals surface area contributed by atoms with Gasteiger partial charge in [0, 0.05) is 0 Å². The van der Waals surface area contributed by atoms with Crippen LogP contribution in [-0.4, -0.2) is 20.8 Å². The summed E-state index contributed by atoms with van der Waals surface area (Å²) in [4.78, 5) is 9.41. The summed E-state index contributed by atoms with van der Waals surface area (Å²) in [5, 5.41) is 9.41. The standard InChI is InChI=1S/C2H4NO4S/c1-8(6,7)3-2(4)5/h3H,1H3. The summed E-state index contributed by atoms with van der Waals surface area (Å²) in [6.07, 6.45) is -1.09. The highest BCUT2D eigenvalue weighted by atomic mass is 32.2. The zero-order chi connectivity index (χ0) is 6.78. The third kappa shape index (κ3) is 5.22. The van der Waals surface area contributed by atoms with Crippen molar-refractivity contribution in [2.45, 2.75) is 0 Å². The molecule has 1 radical (unpaired) electrons. The van der Waals surface area contributed by atoms with Gasteiger partial charge in [-0.3, -0.25) is 0 Å². The van der Waals surface area contributed by atoms with E-state index < -0.39 is 16.1 Å². The van der Waals surface area contributed by atoms with E-state index >= 15 is 0 Å². The molecule has 0 spiro atoms. The SMILES string of the molecule is CS(=O)(=O)NC([O])=O. The molecule has 0 fully saturated rings. The quantitative estimate of drug-likeness (QED) is 0.509. The minimum atomic E-state index is -3.64. The lowest BCUT2D eigenvalue weighted by Crippen LogP contribution is -2.26. The Morgan fingerprint density at radius 3 is 1.88 bits per heavy atom. The van der Waals surface area contributed by atoms with E-state index in [4.69, 9.17) is 0 Å². The summed E-state index contributed by atoms with van der Waals surface area (Å²) in [6.45, 7) is 0. The predicted molar refractivity (Wildman–Crippen MR) is 24.1 cm³/mol. The van der Waals surface area contributed by atoms with Crippen molar-refractivity contribution in [1.82, 2.24) is 4.72 Å². The van der Waals surface area contributed by atoms with Crippen LogP contribution >= 0.6 is 0 Å². The van der Waals surface area contributed by atoms with E-state index in [1.807, 2.05) is 0 Å². The van der Waals surface area contributed by atoms with Crippen molar-refractivity contribution in [3.8, 4) is 0 Å². The fourth-order valence-corrected chi connectivity index (χ4v) is 0.454. The van der Waals surface area contributed by atoms with Crippen LogP contribution in [0.3, 0.4) is 0 Å². The predicted octanol–water partition coefficient (Wildman–Crippen LogP) is -0.914. The Bertz CT molecular complexity index is 180. The summed E-state index contributed by atoms with van der Waals surface area (Å²) in [5.41, 5.74) is 0. The smallest absolute Gasteiger partial charge is 0.219 e. The van der Waals surface area contributed by atoms with Crippen LogP contribution in [0, 0.1) is 0 Å². The summed E-state index contributed by atoms with van der Waals surface area (Å²) in [6, 6.07) is 0. The maximum atomic E-state index is 9.91. The van der Waals surface area contributed by atoms with Gasteiger partial charge >= 0.3 is 6.09 Å². The first kappa shape index (κ1) is 7.22. The van der Waals surface area contributed by atoms with Crippen LogP contribution in [0.15, 0.2) is 0 Å². The number of amides is 1. The molecule has 0 unspecified atom stereocenters. The first-order valence-corrected chi connectivity index (χ1v) is 3.50. The highest BCUT2D eigenvalue weighted by Crippen LogP contribution is 1.71. The summed E-state index contributed by atoms with van der Waals surface area (Å²) in [7, 11) is -3.64. The Morgan fingerprint density at radius 2 is 1.88 bits per heavy atom. The Labute approximate surface area is 46.4 Å². The molecule has 0 aliphatic rings. The lowest BCUT2D eigenvalue weighted by molar-refractivity contribution is 0.175. The largest absolute Gasteiger partial charge is 0.463 e. The lowest BCUT2D eigenvalue weighted by Gasteiger charge is -1.89. The van der Waals surface area contributed by atoms with Gasteiger partial charge in [-0.15, -0.1) is 0 Å². The minimum absolute atomic E-state index is 0.725. The van der Waals surface area contributed by atoms with Gasteiger partial charge in [0.25, 0.3) is 0 Å². The van der Waals surface area contributed by atoms with E-state index in [2.05, 4.69) is 0 Å². The van der Waals surface area contributed by atoms with Gasteiger partial charge in [0.2, 0.25) is 10.0 Å². The van der Waals surface area contributed by atoms with E-state index in [1.54, 1.807) is 0 Å². The fraction of sp³-hybridized carbons (Fsp3) is 0.500. The van der Waals surface area contributed by atoms with Gasteiger partial charge in [0.05, 0.1) is 6.26 Å². The summed E-state index contributed by atoms with van der Waals surface area (Å²) >= 11 is 0. The molecule has 0 saturated carbocycles. The van der Waals surface area contributed by atoms with Crippen LogP contribution < -0.4 is 4.72 Å². The fourth-order valence-electron chi connectivity index (χ4n) is 0.151. The molecule has 0 atom stereocenters. The molecule has 0 saturated heterocycles. The van der Waals surface area contributed by atoms with Gasteiger partial charge in [0.15, 0.2) is 0 Å². The van der Waals surface area contributed by atoms with Crippen LogP contribution in [0.1, 0.15) is 0 Å². The number of nitrogens with one attached hydrogen (secondary N) is 1. The first-order chi connectivity index (χ1) is 3.42. The zero-order valence-corrected chi connectivity index (χ0v) is 4.86. The minimum Gasteiger partial charge on any atom is -0.219 e. The number of hydrogen-bond donors (Lipinski definition) is 1. The van der Waals surface area contributed by atoms with Gasteiger partial charge < -0.3 is 0 Å². The Balaban J connectivity index is 3.95. The van der Waals surface area contributed by atoms with Gasteiger partial charge in [-0.05, 0) is 0 Å². The maximum Gasteiger partial charge on any atom is 0.463 e. The topological polar surface area (TPSA) is 83.1 Å². The number of carbonyl (C=O) groups excluding carboxylic acids is 1. The van der Waals surface area contributed by atoms with E-state index in [0.717, 1.165) is 11.0 Å². The van der Waals surface area contributed by atoms with Gasteiger partial charge in [0.1, 0.15) is 0 Å². The molecule has 0 aromatic carbocycles. The maximum absolute atomic E-state index is 9.91. The van der Waals surface area contributed by atoms with Crippen molar-refractivity contribution >= 4 is 16.1 Å². The number of carbonyl (C=O) groups is 1. The monoisotopic (exact) mass is 138 g/mol. The van der Waals surface area contributed by atoms with E-state index in [9.17, 15) is 18.3 Å². The van der Waals surface area contributed by atoms with E-state index in [0.29, 0.717) is 0 Å². The zero-order valence-electron chi connectivity index (χ0n) is 4.04. The molecule has 6 heteroatoms. The number of sulfonamides is 1. The van der Waals surface area contributed by atoms with Crippen LogP contribution in [-0.2, 0) is 15.1 Å². The molecular formula is C2H4NO4S. The molecule has 8 heavy (non-hydrogen) atoms. The Morgan fingerprint density at radius 1 is 1.50 bits per heavy atom. The Kier molecular flexibility index (Phi) is 1.80. The van der Waals surface area contributed by atoms with Crippen LogP contribution in [0.25, 0.3) is 0 Å². The molecule has 47 valence electrons. The summed E-state index contributed by atoms with van der Waals surface area (Å²) < 4.78 is 21.0. The molecule has 1 amide bonds. The van der Waals surface area contributed by atoms with E-state index in [1.165, 1.54) is 0 Å². The average molecular weight is 138 g/mol. The van der Waals surface area contributed by atoms with Gasteiger partial charge in [-0.2, -0.15) is 0 Å². The van der Waals surface area contributed by atoms with Crippen LogP contribution in [0.2, 0.25) is 0 Å². The van der Waals surface area contributed by atoms with Gasteiger partial charge in [-0.25, -0.2) is 23.0 Å². The van der Waals surface area contributed by atoms with Crippen molar-refractivity contribution in [2.75, 3.05) is 6.26 Å². The number of rotatable bonds is 1. The molecule has 0 aliphatic carbocycles. The van der Waals surface area contributed by atoms with Crippen LogP contribution in [0.5, 0.6) is 0 Å². The second kappa shape index (κ2) is 1.99. The molecule has 5 nitrogen and oxygen atoms in total. The van der Waals surface area contributed by atoms with Crippen molar-refractivity contribution in [2.24, 2.45) is 0 Å². The normalized spacial score (nSPS) is 10.6. The average Bonchev–Trinajstić information content (AvgIpc) is 1.21. The van der Waals surface area contributed by atoms with Gasteiger partial charge in [-0.1, -0.05) is 0 Å². The van der Waals surface area contributed by atoms with Crippen molar-refractivity contribution < 1.29 is 18.3 Å². The van der Waals surface area contributed by atoms with Crippen molar-refractivity contribution in [3.05, 3.63) is 0 Å². The molecule has 0 heterocycles. The molecule has 1 N–H and O–H groups in total. The summed E-state index contributed by atoms with van der Waals surface area (Å²) in [5.74, 6) is 0. The molecular weight excluding hydrogens is 134 g/mol. The highest BCUT2D eigenvalue weighted by molar-refractivity contribution is 7.89. The molecule has 0 bridgehead atoms. The first-order valence-electron chi connectivity index (χ1n) is 1.60. The second-order valence-corrected chi connectivity index (χ2v) is 2.91. The van der Waals surface area contributed by atoms with Crippen LogP contribution in [0.4, 0.5) is 4.79 Å². The molecule has 0 aromatic rings. The third-order valence-electron chi connectivity index (χ3n) is 0.269. The van der Waals surface area contributed by atoms with E-state index in [-0.39, 0.29) is 0 Å². The lowest BCUT2D eigenvalue weighted by atomic mass is 11.3. The highest BCUT2D eigenvalue weighted by Gasteiger charge is 2.05. The molecule has 0 aromatic heterocycles. The van der Waals surface area contributed by atoms with Crippen molar-refractivity contribution in [1.29, 1.82) is 0 Å².